The highest BCUT2D eigenvalue weighted by molar-refractivity contribution is 7.10. The van der Waals surface area contributed by atoms with Crippen LogP contribution in [0, 0.1) is 11.7 Å². The molecule has 0 saturated heterocycles. The predicted octanol–water partition coefficient (Wildman–Crippen LogP) is 6.29. The van der Waals surface area contributed by atoms with Gasteiger partial charge in [0, 0.05) is 44.0 Å². The number of ether oxygens (including phenoxy) is 1. The van der Waals surface area contributed by atoms with Crippen molar-refractivity contribution in [3.05, 3.63) is 80.6 Å². The molecule has 0 bridgehead atoms. The lowest BCUT2D eigenvalue weighted by Crippen LogP contribution is -2.34. The number of hydrogen-bond acceptors (Lipinski definition) is 6. The first-order chi connectivity index (χ1) is 19.3. The van der Waals surface area contributed by atoms with Gasteiger partial charge in [0.2, 0.25) is 0 Å². The van der Waals surface area contributed by atoms with E-state index in [0.29, 0.717) is 53.7 Å². The number of nitrogens with zero attached hydrogens (tertiary/aromatic N) is 3. The van der Waals surface area contributed by atoms with Crippen LogP contribution in [-0.2, 0) is 16.1 Å². The highest BCUT2D eigenvalue weighted by atomic mass is 32.1. The van der Waals surface area contributed by atoms with Gasteiger partial charge in [-0.3, -0.25) is 4.79 Å². The molecule has 4 rings (SSSR count). The van der Waals surface area contributed by atoms with Crippen LogP contribution in [-0.4, -0.2) is 62.4 Å². The third-order valence-electron chi connectivity index (χ3n) is 8.17. The van der Waals surface area contributed by atoms with E-state index in [-0.39, 0.29) is 18.3 Å². The summed E-state index contributed by atoms with van der Waals surface area (Å²) in [7, 11) is 5.49. The number of amides is 1. The average molecular weight is 567 g/mol. The van der Waals surface area contributed by atoms with E-state index in [1.807, 2.05) is 49.4 Å². The number of thiophene rings is 1. The van der Waals surface area contributed by atoms with Crippen molar-refractivity contribution in [1.82, 2.24) is 15.1 Å². The van der Waals surface area contributed by atoms with Gasteiger partial charge in [-0.25, -0.2) is 4.39 Å². The fourth-order valence-corrected chi connectivity index (χ4v) is 6.39. The normalized spacial score (nSPS) is 21.1. The molecule has 8 heteroatoms. The topological polar surface area (TPSA) is 57.2 Å². The lowest BCUT2D eigenvalue weighted by atomic mass is 9.94. The van der Waals surface area contributed by atoms with Gasteiger partial charge < -0.3 is 19.9 Å². The SMILES string of the molecule is CC/C(C)=C\C1=C(N=C(C)OC)N(C)CCN(Cc2ccc(C3CC3C(CCNC)c3cccs3)cc2F)C1=O. The molecule has 1 aromatic heterocycles. The Morgan fingerprint density at radius 3 is 2.75 bits per heavy atom. The van der Waals surface area contributed by atoms with Crippen LogP contribution in [0.2, 0.25) is 0 Å². The van der Waals surface area contributed by atoms with Crippen LogP contribution in [0.4, 0.5) is 4.39 Å². The van der Waals surface area contributed by atoms with Crippen LogP contribution in [0.25, 0.3) is 0 Å². The second-order valence-electron chi connectivity index (χ2n) is 10.9. The molecule has 2 aliphatic rings. The number of aliphatic imine (C=N–C) groups is 1. The Hall–Kier alpha value is -2.97. The van der Waals surface area contributed by atoms with E-state index in [4.69, 9.17) is 4.74 Å². The number of halogens is 1. The summed E-state index contributed by atoms with van der Waals surface area (Å²) in [5.41, 5.74) is 3.19. The molecule has 3 unspecified atom stereocenters. The molecule has 1 aliphatic carbocycles. The molecule has 0 spiro atoms. The minimum atomic E-state index is -0.240. The summed E-state index contributed by atoms with van der Waals surface area (Å²) in [6.07, 6.45) is 4.90. The zero-order chi connectivity index (χ0) is 28.8. The molecule has 3 atom stereocenters. The first-order valence-corrected chi connectivity index (χ1v) is 15.1. The van der Waals surface area contributed by atoms with Crippen LogP contribution in [0.1, 0.15) is 67.9 Å². The molecule has 0 radical (unpaired) electrons. The van der Waals surface area contributed by atoms with Crippen molar-refractivity contribution in [2.45, 2.75) is 58.4 Å². The smallest absolute Gasteiger partial charge is 0.257 e. The van der Waals surface area contributed by atoms with Gasteiger partial charge in [0.25, 0.3) is 5.91 Å². The average Bonchev–Trinajstić information content (AvgIpc) is 3.57. The Kier molecular flexibility index (Phi) is 10.2. The number of hydrogen-bond donors (Lipinski definition) is 1. The number of allylic oxidation sites excluding steroid dienone is 1. The summed E-state index contributed by atoms with van der Waals surface area (Å²) in [6, 6.07) is 9.99. The van der Waals surface area contributed by atoms with Crippen molar-refractivity contribution in [2.75, 3.05) is 40.8 Å². The molecule has 1 N–H and O–H groups in total. The monoisotopic (exact) mass is 566 g/mol. The number of benzene rings is 1. The predicted molar refractivity (Wildman–Crippen MR) is 162 cm³/mol. The maximum atomic E-state index is 15.5. The Balaban J connectivity index is 1.54. The molecule has 1 aliphatic heterocycles. The molecular formula is C32H43FN4O2S. The van der Waals surface area contributed by atoms with Crippen molar-refractivity contribution < 1.29 is 13.9 Å². The van der Waals surface area contributed by atoms with E-state index in [1.54, 1.807) is 25.0 Å². The number of methoxy groups -OCH3 is 1. The molecule has 2 aromatic rings. The van der Waals surface area contributed by atoms with Crippen LogP contribution < -0.4 is 5.32 Å². The third-order valence-corrected chi connectivity index (χ3v) is 9.17. The van der Waals surface area contributed by atoms with Gasteiger partial charge >= 0.3 is 0 Å². The number of carbonyl (C=O) groups excluding carboxylic acids is 1. The molecular weight excluding hydrogens is 523 g/mol. The highest BCUT2D eigenvalue weighted by Gasteiger charge is 2.44. The van der Waals surface area contributed by atoms with Crippen LogP contribution in [0.3, 0.4) is 0 Å². The maximum Gasteiger partial charge on any atom is 0.257 e. The summed E-state index contributed by atoms with van der Waals surface area (Å²) >= 11 is 1.82. The number of likely N-dealkylation sites (N-methyl/N-ethyl adjacent to an activating group) is 1. The summed E-state index contributed by atoms with van der Waals surface area (Å²) < 4.78 is 20.8. The Morgan fingerprint density at radius 1 is 1.30 bits per heavy atom. The second-order valence-corrected chi connectivity index (χ2v) is 11.9. The van der Waals surface area contributed by atoms with Crippen molar-refractivity contribution in [2.24, 2.45) is 10.9 Å². The molecule has 40 heavy (non-hydrogen) atoms. The van der Waals surface area contributed by atoms with Crippen molar-refractivity contribution in [3.63, 3.8) is 0 Å². The molecule has 1 saturated carbocycles. The minimum absolute atomic E-state index is 0.145. The van der Waals surface area contributed by atoms with Gasteiger partial charge in [-0.05, 0) is 86.7 Å². The standard InChI is InChI=1S/C32H43FN4O2S/c1-7-21(2)17-28-31(35-22(3)39-6)36(5)14-15-37(32(28)38)20-24-11-10-23(18-29(24)33)26-19-27(26)25(12-13-34-4)30-9-8-16-40-30/h8-11,16-18,25-27,34H,7,12-15,19-20H2,1-6H3/b21-17-,35-22?. The van der Waals surface area contributed by atoms with E-state index >= 15 is 4.39 Å². The van der Waals surface area contributed by atoms with Crippen molar-refractivity contribution in [1.29, 1.82) is 0 Å². The largest absolute Gasteiger partial charge is 0.484 e. The fraction of sp³-hybridized carbons (Fsp3) is 0.500. The Labute approximate surface area is 242 Å². The van der Waals surface area contributed by atoms with Crippen LogP contribution in [0.5, 0.6) is 0 Å². The zero-order valence-electron chi connectivity index (χ0n) is 24.7. The Bertz CT molecular complexity index is 1270. The van der Waals surface area contributed by atoms with Crippen molar-refractivity contribution >= 4 is 23.1 Å². The molecule has 6 nitrogen and oxygen atoms in total. The molecule has 1 amide bonds. The molecule has 1 fully saturated rings. The Morgan fingerprint density at radius 2 is 2.10 bits per heavy atom. The zero-order valence-corrected chi connectivity index (χ0v) is 25.5. The minimum Gasteiger partial charge on any atom is -0.484 e. The highest BCUT2D eigenvalue weighted by Crippen LogP contribution is 2.56. The van der Waals surface area contributed by atoms with Gasteiger partial charge in [-0.15, -0.1) is 11.3 Å². The van der Waals surface area contributed by atoms with E-state index in [0.717, 1.165) is 36.9 Å². The lowest BCUT2D eigenvalue weighted by Gasteiger charge is -2.22. The second kappa shape index (κ2) is 13.6. The van der Waals surface area contributed by atoms with Gasteiger partial charge in [-0.2, -0.15) is 4.99 Å². The van der Waals surface area contributed by atoms with Crippen molar-refractivity contribution in [3.8, 4) is 0 Å². The number of rotatable bonds is 11. The van der Waals surface area contributed by atoms with Gasteiger partial charge in [0.1, 0.15) is 11.6 Å². The van der Waals surface area contributed by atoms with E-state index in [2.05, 4.69) is 40.8 Å². The summed E-state index contributed by atoms with van der Waals surface area (Å²) in [5.74, 6) is 2.09. The van der Waals surface area contributed by atoms with Gasteiger partial charge in [0.05, 0.1) is 12.7 Å². The molecule has 2 heterocycles. The molecule has 1 aromatic carbocycles. The number of nitrogens with one attached hydrogen (secondary N) is 1. The summed E-state index contributed by atoms with van der Waals surface area (Å²) in [6.45, 7) is 8.09. The quantitative estimate of drug-likeness (QED) is 0.257. The first-order valence-electron chi connectivity index (χ1n) is 14.2. The van der Waals surface area contributed by atoms with Gasteiger partial charge in [-0.1, -0.05) is 30.7 Å². The number of carbonyl (C=O) groups is 1. The van der Waals surface area contributed by atoms with E-state index in [9.17, 15) is 4.79 Å². The van der Waals surface area contributed by atoms with Crippen LogP contribution >= 0.6 is 11.3 Å². The lowest BCUT2D eigenvalue weighted by molar-refractivity contribution is -0.127. The maximum absolute atomic E-state index is 15.5. The summed E-state index contributed by atoms with van der Waals surface area (Å²) in [4.78, 5) is 23.5. The third kappa shape index (κ3) is 7.02. The van der Waals surface area contributed by atoms with E-state index < -0.39 is 0 Å². The molecule has 216 valence electrons. The van der Waals surface area contributed by atoms with E-state index in [1.165, 1.54) is 4.88 Å². The van der Waals surface area contributed by atoms with Crippen LogP contribution in [0.15, 0.2) is 63.7 Å². The fourth-order valence-electron chi connectivity index (χ4n) is 5.46. The summed E-state index contributed by atoms with van der Waals surface area (Å²) in [5, 5.41) is 5.43. The van der Waals surface area contributed by atoms with Gasteiger partial charge in [0.15, 0.2) is 5.90 Å². The first kappa shape index (κ1) is 30.0.